The maximum absolute atomic E-state index is 12.7. The summed E-state index contributed by atoms with van der Waals surface area (Å²) in [4.78, 5) is 27.0. The number of amides is 2. The van der Waals surface area contributed by atoms with E-state index in [0.717, 1.165) is 6.92 Å². The van der Waals surface area contributed by atoms with E-state index in [1.807, 2.05) is 0 Å². The van der Waals surface area contributed by atoms with Gasteiger partial charge in [0.05, 0.1) is 12.7 Å². The summed E-state index contributed by atoms with van der Waals surface area (Å²) >= 11 is 0. The molecule has 0 aromatic rings. The molecule has 128 valence electrons. The normalized spacial score (nSPS) is 16.0. The Bertz CT molecular complexity index is 554. The SMILES string of the molecule is CC(C(=O)NCC(F)(F)C(F)(F)F)C(=O)NC1=CN=CC=CN1. The molecule has 1 heterocycles. The molecule has 0 saturated carbocycles. The van der Waals surface area contributed by atoms with E-state index in [0.29, 0.717) is 0 Å². The van der Waals surface area contributed by atoms with E-state index in [9.17, 15) is 31.5 Å². The molecule has 2 amide bonds. The van der Waals surface area contributed by atoms with Gasteiger partial charge in [0, 0.05) is 12.4 Å². The summed E-state index contributed by atoms with van der Waals surface area (Å²) < 4.78 is 61.3. The zero-order chi connectivity index (χ0) is 17.7. The first-order chi connectivity index (χ1) is 10.5. The summed E-state index contributed by atoms with van der Waals surface area (Å²) in [5.74, 6) is -8.62. The van der Waals surface area contributed by atoms with Crippen molar-refractivity contribution in [2.24, 2.45) is 10.9 Å². The van der Waals surface area contributed by atoms with E-state index in [-0.39, 0.29) is 5.82 Å². The first-order valence-corrected chi connectivity index (χ1v) is 6.23. The molecule has 0 spiro atoms. The lowest BCUT2D eigenvalue weighted by Gasteiger charge is -2.21. The minimum atomic E-state index is -5.79. The van der Waals surface area contributed by atoms with Crippen molar-refractivity contribution >= 4 is 18.0 Å². The average Bonchev–Trinajstić information content (AvgIpc) is 2.71. The lowest BCUT2D eigenvalue weighted by molar-refractivity contribution is -0.278. The van der Waals surface area contributed by atoms with Gasteiger partial charge in [0.15, 0.2) is 0 Å². The standard InChI is InChI=1S/C12H13F5N4O2/c1-7(9(22)20-6-11(13,14)12(15,16)17)10(23)21-8-5-18-3-2-4-19-8/h2-5,7,19H,6H2,1H3,(H,20,22)(H,21,23). The molecular weight excluding hydrogens is 327 g/mol. The number of rotatable bonds is 5. The Morgan fingerprint density at radius 1 is 1.26 bits per heavy atom. The number of alkyl halides is 5. The number of halogens is 5. The van der Waals surface area contributed by atoms with Crippen molar-refractivity contribution in [2.45, 2.75) is 19.0 Å². The first-order valence-electron chi connectivity index (χ1n) is 6.23. The average molecular weight is 340 g/mol. The first kappa shape index (κ1) is 18.6. The van der Waals surface area contributed by atoms with Gasteiger partial charge in [0.1, 0.15) is 11.7 Å². The van der Waals surface area contributed by atoms with Crippen molar-refractivity contribution < 1.29 is 31.5 Å². The van der Waals surface area contributed by atoms with Gasteiger partial charge >= 0.3 is 12.1 Å². The van der Waals surface area contributed by atoms with Crippen molar-refractivity contribution in [1.82, 2.24) is 16.0 Å². The van der Waals surface area contributed by atoms with Crippen molar-refractivity contribution in [1.29, 1.82) is 0 Å². The quantitative estimate of drug-likeness (QED) is 0.517. The molecule has 3 N–H and O–H groups in total. The number of hydrogen-bond donors (Lipinski definition) is 3. The molecule has 11 heteroatoms. The Labute approximate surface area is 127 Å². The van der Waals surface area contributed by atoms with Gasteiger partial charge in [0.2, 0.25) is 11.8 Å². The molecule has 0 radical (unpaired) electrons. The van der Waals surface area contributed by atoms with E-state index < -0.39 is 36.4 Å². The minimum absolute atomic E-state index is 0.111. The molecule has 1 aliphatic rings. The van der Waals surface area contributed by atoms with Crippen LogP contribution in [-0.4, -0.2) is 36.7 Å². The molecular formula is C12H13F5N4O2. The molecule has 0 aromatic heterocycles. The van der Waals surface area contributed by atoms with Crippen molar-refractivity contribution in [2.75, 3.05) is 6.54 Å². The second-order valence-corrected chi connectivity index (χ2v) is 4.48. The van der Waals surface area contributed by atoms with Crippen LogP contribution in [0, 0.1) is 5.92 Å². The van der Waals surface area contributed by atoms with Gasteiger partial charge in [-0.2, -0.15) is 22.0 Å². The Kier molecular flexibility index (Phi) is 5.82. The smallest absolute Gasteiger partial charge is 0.349 e. The molecule has 0 fully saturated rings. The molecule has 23 heavy (non-hydrogen) atoms. The third-order valence-electron chi connectivity index (χ3n) is 2.65. The summed E-state index contributed by atoms with van der Waals surface area (Å²) in [6.45, 7) is -0.881. The van der Waals surface area contributed by atoms with Crippen LogP contribution in [0.25, 0.3) is 0 Å². The Morgan fingerprint density at radius 2 is 1.91 bits per heavy atom. The van der Waals surface area contributed by atoms with Crippen LogP contribution < -0.4 is 16.0 Å². The monoisotopic (exact) mass is 340 g/mol. The number of carbonyl (C=O) groups is 2. The van der Waals surface area contributed by atoms with Crippen LogP contribution in [0.5, 0.6) is 0 Å². The van der Waals surface area contributed by atoms with Crippen LogP contribution in [-0.2, 0) is 9.59 Å². The highest BCUT2D eigenvalue weighted by atomic mass is 19.4. The summed E-state index contributed by atoms with van der Waals surface area (Å²) in [5.41, 5.74) is 0. The molecule has 0 bridgehead atoms. The van der Waals surface area contributed by atoms with Gasteiger partial charge in [-0.25, -0.2) is 0 Å². The minimum Gasteiger partial charge on any atom is -0.349 e. The fraction of sp³-hybridized carbons (Fsp3) is 0.417. The van der Waals surface area contributed by atoms with Crippen LogP contribution in [0.3, 0.4) is 0 Å². The third-order valence-corrected chi connectivity index (χ3v) is 2.65. The van der Waals surface area contributed by atoms with Gasteiger partial charge in [-0.1, -0.05) is 0 Å². The van der Waals surface area contributed by atoms with Crippen LogP contribution in [0.4, 0.5) is 22.0 Å². The number of nitrogens with one attached hydrogen (secondary N) is 3. The zero-order valence-corrected chi connectivity index (χ0v) is 11.7. The van der Waals surface area contributed by atoms with Gasteiger partial charge in [0.25, 0.3) is 0 Å². The Hall–Kier alpha value is -2.46. The molecule has 1 atom stereocenters. The van der Waals surface area contributed by atoms with Crippen LogP contribution >= 0.6 is 0 Å². The second kappa shape index (κ2) is 7.20. The summed E-state index contributed by atoms with van der Waals surface area (Å²) in [7, 11) is 0. The van der Waals surface area contributed by atoms with E-state index in [2.05, 4.69) is 15.6 Å². The van der Waals surface area contributed by atoms with Gasteiger partial charge in [-0.05, 0) is 13.0 Å². The van der Waals surface area contributed by atoms with Crippen molar-refractivity contribution in [3.8, 4) is 0 Å². The highest BCUT2D eigenvalue weighted by Gasteiger charge is 2.57. The second-order valence-electron chi connectivity index (χ2n) is 4.48. The number of aliphatic imine (C=N–C) groups is 1. The summed E-state index contributed by atoms with van der Waals surface area (Å²) in [5, 5.41) is 6.25. The topological polar surface area (TPSA) is 82.6 Å². The molecule has 0 aliphatic carbocycles. The predicted octanol–water partition coefficient (Wildman–Crippen LogP) is 1.04. The van der Waals surface area contributed by atoms with E-state index in [1.165, 1.54) is 30.0 Å². The highest BCUT2D eigenvalue weighted by Crippen LogP contribution is 2.34. The van der Waals surface area contributed by atoms with Crippen LogP contribution in [0.15, 0.2) is 29.3 Å². The molecule has 0 aromatic carbocycles. The number of carbonyl (C=O) groups excluding carboxylic acids is 2. The summed E-state index contributed by atoms with van der Waals surface area (Å²) in [6.07, 6.45) is -0.213. The zero-order valence-electron chi connectivity index (χ0n) is 11.7. The molecule has 1 aliphatic heterocycles. The van der Waals surface area contributed by atoms with Gasteiger partial charge in [-0.15, -0.1) is 0 Å². The number of nitrogens with zero attached hydrogens (tertiary/aromatic N) is 1. The molecule has 6 nitrogen and oxygen atoms in total. The fourth-order valence-corrected chi connectivity index (χ4v) is 1.27. The number of hydrogen-bond acceptors (Lipinski definition) is 4. The fourth-order valence-electron chi connectivity index (χ4n) is 1.27. The van der Waals surface area contributed by atoms with Crippen LogP contribution in [0.2, 0.25) is 0 Å². The van der Waals surface area contributed by atoms with Gasteiger partial charge in [-0.3, -0.25) is 14.6 Å². The Balaban J connectivity index is 2.56. The lowest BCUT2D eigenvalue weighted by atomic mass is 10.1. The van der Waals surface area contributed by atoms with Crippen LogP contribution in [0.1, 0.15) is 6.92 Å². The van der Waals surface area contributed by atoms with E-state index in [4.69, 9.17) is 0 Å². The number of allylic oxidation sites excluding steroid dienone is 1. The maximum Gasteiger partial charge on any atom is 0.455 e. The highest BCUT2D eigenvalue weighted by molar-refractivity contribution is 6.00. The van der Waals surface area contributed by atoms with E-state index >= 15 is 0 Å². The lowest BCUT2D eigenvalue weighted by Crippen LogP contribution is -2.49. The van der Waals surface area contributed by atoms with Crippen molar-refractivity contribution in [3.05, 3.63) is 24.3 Å². The van der Waals surface area contributed by atoms with E-state index in [1.54, 1.807) is 0 Å². The maximum atomic E-state index is 12.7. The largest absolute Gasteiger partial charge is 0.455 e. The van der Waals surface area contributed by atoms with Gasteiger partial charge < -0.3 is 16.0 Å². The molecule has 0 saturated heterocycles. The molecule has 1 rings (SSSR count). The Morgan fingerprint density at radius 3 is 2.52 bits per heavy atom. The van der Waals surface area contributed by atoms with Crippen molar-refractivity contribution in [3.63, 3.8) is 0 Å². The summed E-state index contributed by atoms with van der Waals surface area (Å²) in [6, 6.07) is 0. The molecule has 1 unspecified atom stereocenters. The third kappa shape index (κ3) is 5.34. The predicted molar refractivity (Wildman–Crippen MR) is 70.2 cm³/mol.